The second kappa shape index (κ2) is 7.80. The van der Waals surface area contributed by atoms with Crippen LogP contribution in [-0.4, -0.2) is 25.1 Å². The minimum absolute atomic E-state index is 0.129. The second-order valence-corrected chi connectivity index (χ2v) is 6.73. The van der Waals surface area contributed by atoms with Crippen molar-refractivity contribution in [1.82, 2.24) is 4.98 Å². The van der Waals surface area contributed by atoms with Crippen molar-refractivity contribution in [3.05, 3.63) is 46.1 Å². The summed E-state index contributed by atoms with van der Waals surface area (Å²) in [6.07, 6.45) is 0.129. The van der Waals surface area contributed by atoms with E-state index in [1.54, 1.807) is 12.1 Å². The number of nitrogens with one attached hydrogen (secondary N) is 1. The molecule has 26 heavy (non-hydrogen) atoms. The van der Waals surface area contributed by atoms with Crippen molar-refractivity contribution in [1.29, 1.82) is 0 Å². The predicted molar refractivity (Wildman–Crippen MR) is 101 cm³/mol. The lowest BCUT2D eigenvalue weighted by molar-refractivity contribution is -0.115. The average Bonchev–Trinajstić information content (AvgIpc) is 3.24. The van der Waals surface area contributed by atoms with Gasteiger partial charge in [-0.25, -0.2) is 4.98 Å². The lowest BCUT2D eigenvalue weighted by Gasteiger charge is -2.12. The Morgan fingerprint density at radius 2 is 2.04 bits per heavy atom. The highest BCUT2D eigenvalue weighted by Crippen LogP contribution is 2.36. The van der Waals surface area contributed by atoms with E-state index in [0.29, 0.717) is 33.7 Å². The van der Waals surface area contributed by atoms with Gasteiger partial charge in [-0.2, -0.15) is 0 Å². The fourth-order valence-electron chi connectivity index (χ4n) is 2.37. The number of anilines is 1. The summed E-state index contributed by atoms with van der Waals surface area (Å²) in [6, 6.07) is 6.96. The third kappa shape index (κ3) is 4.00. The molecular weight excluding hydrogens is 376 g/mol. The Labute approximate surface area is 159 Å². The second-order valence-electron chi connectivity index (χ2n) is 5.47. The molecule has 0 aliphatic heterocycles. The molecule has 1 amide bonds. The number of aromatic nitrogens is 1. The maximum absolute atomic E-state index is 12.4. The van der Waals surface area contributed by atoms with Crippen molar-refractivity contribution in [2.75, 3.05) is 19.5 Å². The van der Waals surface area contributed by atoms with Crippen LogP contribution in [0.3, 0.4) is 0 Å². The van der Waals surface area contributed by atoms with Crippen molar-refractivity contribution in [3.63, 3.8) is 0 Å². The van der Waals surface area contributed by atoms with E-state index in [0.717, 1.165) is 10.8 Å². The van der Waals surface area contributed by atoms with Gasteiger partial charge in [-0.1, -0.05) is 11.6 Å². The van der Waals surface area contributed by atoms with Crippen LogP contribution >= 0.6 is 22.9 Å². The fourth-order valence-corrected chi connectivity index (χ4v) is 3.38. The number of amides is 1. The summed E-state index contributed by atoms with van der Waals surface area (Å²) < 4.78 is 16.0. The molecule has 0 unspecified atom stereocenters. The smallest absolute Gasteiger partial charge is 0.230 e. The topological polar surface area (TPSA) is 73.6 Å². The van der Waals surface area contributed by atoms with Gasteiger partial charge < -0.3 is 19.2 Å². The van der Waals surface area contributed by atoms with Crippen molar-refractivity contribution in [3.8, 4) is 22.3 Å². The quantitative estimate of drug-likeness (QED) is 0.665. The number of halogens is 1. The zero-order valence-corrected chi connectivity index (χ0v) is 16.0. The summed E-state index contributed by atoms with van der Waals surface area (Å²) in [5.41, 5.74) is 1.15. The van der Waals surface area contributed by atoms with Gasteiger partial charge in [0, 0.05) is 17.5 Å². The monoisotopic (exact) mass is 392 g/mol. The van der Waals surface area contributed by atoms with Crippen LogP contribution in [0, 0.1) is 6.92 Å². The number of rotatable bonds is 6. The molecule has 0 atom stereocenters. The molecule has 6 nitrogen and oxygen atoms in total. The van der Waals surface area contributed by atoms with E-state index in [1.165, 1.54) is 25.6 Å². The van der Waals surface area contributed by atoms with Crippen LogP contribution in [-0.2, 0) is 11.2 Å². The first-order valence-corrected chi connectivity index (χ1v) is 8.98. The third-order valence-corrected chi connectivity index (χ3v) is 4.79. The van der Waals surface area contributed by atoms with Gasteiger partial charge in [0.05, 0.1) is 37.0 Å². The van der Waals surface area contributed by atoms with Crippen molar-refractivity contribution in [2.45, 2.75) is 13.3 Å². The summed E-state index contributed by atoms with van der Waals surface area (Å²) in [6.45, 7) is 1.87. The number of hydrogen-bond donors (Lipinski definition) is 1. The number of benzene rings is 1. The molecule has 3 aromatic rings. The van der Waals surface area contributed by atoms with Gasteiger partial charge in [-0.15, -0.1) is 11.3 Å². The molecule has 0 radical (unpaired) electrons. The Balaban J connectivity index is 1.72. The number of hydrogen-bond acceptors (Lipinski definition) is 6. The van der Waals surface area contributed by atoms with Crippen LogP contribution in [0.5, 0.6) is 11.5 Å². The largest absolute Gasteiger partial charge is 0.495 e. The van der Waals surface area contributed by atoms with Crippen molar-refractivity contribution < 1.29 is 18.7 Å². The molecule has 0 fully saturated rings. The molecule has 0 aliphatic carbocycles. The molecule has 1 N–H and O–H groups in total. The lowest BCUT2D eigenvalue weighted by Crippen LogP contribution is -2.15. The van der Waals surface area contributed by atoms with E-state index in [9.17, 15) is 4.79 Å². The normalized spacial score (nSPS) is 10.6. The van der Waals surface area contributed by atoms with Crippen LogP contribution < -0.4 is 14.8 Å². The van der Waals surface area contributed by atoms with E-state index in [2.05, 4.69) is 10.3 Å². The Morgan fingerprint density at radius 1 is 1.27 bits per heavy atom. The summed E-state index contributed by atoms with van der Waals surface area (Å²) in [7, 11) is 3.01. The molecule has 1 aromatic carbocycles. The number of aryl methyl sites for hydroxylation is 1. The van der Waals surface area contributed by atoms with Gasteiger partial charge in [-0.3, -0.25) is 4.79 Å². The van der Waals surface area contributed by atoms with Crippen molar-refractivity contribution >= 4 is 34.5 Å². The molecule has 0 bridgehead atoms. The number of ether oxygens (including phenoxy) is 2. The Kier molecular flexibility index (Phi) is 5.49. The highest BCUT2D eigenvalue weighted by molar-refractivity contribution is 7.13. The van der Waals surface area contributed by atoms with E-state index in [4.69, 9.17) is 25.5 Å². The highest BCUT2D eigenvalue weighted by Gasteiger charge is 2.15. The van der Waals surface area contributed by atoms with E-state index in [-0.39, 0.29) is 12.3 Å². The van der Waals surface area contributed by atoms with Gasteiger partial charge >= 0.3 is 0 Å². The molecule has 0 saturated carbocycles. The summed E-state index contributed by atoms with van der Waals surface area (Å²) >= 11 is 7.51. The highest BCUT2D eigenvalue weighted by atomic mass is 35.5. The van der Waals surface area contributed by atoms with Crippen molar-refractivity contribution in [2.24, 2.45) is 0 Å². The molecule has 2 aromatic heterocycles. The number of methoxy groups -OCH3 is 2. The maximum Gasteiger partial charge on any atom is 0.230 e. The number of carbonyl (C=O) groups excluding carboxylic acids is 1. The average molecular weight is 393 g/mol. The summed E-state index contributed by atoms with van der Waals surface area (Å²) in [5.74, 6) is 2.20. The first-order chi connectivity index (χ1) is 12.5. The van der Waals surface area contributed by atoms with Crippen LogP contribution in [0.1, 0.15) is 11.5 Å². The molecular formula is C18H17ClN2O4S. The van der Waals surface area contributed by atoms with Gasteiger partial charge in [0.1, 0.15) is 17.3 Å². The minimum Gasteiger partial charge on any atom is -0.495 e. The molecule has 0 saturated heterocycles. The molecule has 2 heterocycles. The SMILES string of the molecule is COc1cc(NC(=O)Cc2csc(-c3ccc(C)o3)n2)c(OC)cc1Cl. The van der Waals surface area contributed by atoms with Gasteiger partial charge in [0.25, 0.3) is 0 Å². The van der Waals surface area contributed by atoms with Gasteiger partial charge in [0.15, 0.2) is 10.8 Å². The Bertz CT molecular complexity index is 935. The van der Waals surface area contributed by atoms with Crippen LogP contribution in [0.15, 0.2) is 34.1 Å². The predicted octanol–water partition coefficient (Wildman–Crippen LogP) is 4.56. The zero-order valence-electron chi connectivity index (χ0n) is 14.5. The Hall–Kier alpha value is -2.51. The third-order valence-electron chi connectivity index (χ3n) is 3.59. The summed E-state index contributed by atoms with van der Waals surface area (Å²) in [4.78, 5) is 16.8. The van der Waals surface area contributed by atoms with Gasteiger partial charge in [-0.05, 0) is 19.1 Å². The van der Waals surface area contributed by atoms with Gasteiger partial charge in [0.2, 0.25) is 5.91 Å². The van der Waals surface area contributed by atoms with E-state index >= 15 is 0 Å². The fraction of sp³-hybridized carbons (Fsp3) is 0.222. The van der Waals surface area contributed by atoms with Crippen LogP contribution in [0.2, 0.25) is 5.02 Å². The first-order valence-electron chi connectivity index (χ1n) is 7.72. The molecule has 3 rings (SSSR count). The maximum atomic E-state index is 12.4. The van der Waals surface area contributed by atoms with Crippen LogP contribution in [0.25, 0.3) is 10.8 Å². The minimum atomic E-state index is -0.222. The lowest BCUT2D eigenvalue weighted by atomic mass is 10.2. The molecule has 0 aliphatic rings. The first kappa shape index (κ1) is 18.3. The number of furan rings is 1. The number of thiazole rings is 1. The molecule has 136 valence electrons. The molecule has 8 heteroatoms. The Morgan fingerprint density at radius 3 is 2.69 bits per heavy atom. The number of nitrogens with zero attached hydrogens (tertiary/aromatic N) is 1. The van der Waals surface area contributed by atoms with E-state index in [1.807, 2.05) is 24.4 Å². The zero-order chi connectivity index (χ0) is 18.7. The number of carbonyl (C=O) groups is 1. The summed E-state index contributed by atoms with van der Waals surface area (Å²) in [5, 5.41) is 5.79. The van der Waals surface area contributed by atoms with E-state index < -0.39 is 0 Å². The van der Waals surface area contributed by atoms with Crippen LogP contribution in [0.4, 0.5) is 5.69 Å². The standard InChI is InChI=1S/C18H17ClN2O4S/c1-10-4-5-14(25-10)18-20-11(9-26-18)6-17(22)21-13-8-15(23-2)12(19)7-16(13)24-3/h4-5,7-9H,6H2,1-3H3,(H,21,22). The molecule has 0 spiro atoms.